The molecule has 0 spiro atoms. The van der Waals surface area contributed by atoms with E-state index in [1.165, 1.54) is 0 Å². The molecule has 0 rings (SSSR count). The summed E-state index contributed by atoms with van der Waals surface area (Å²) in [4.78, 5) is 11.7. The first-order valence-corrected chi connectivity index (χ1v) is 8.55. The molecule has 0 aromatic rings. The van der Waals surface area contributed by atoms with Crippen LogP contribution >= 0.6 is 0 Å². The van der Waals surface area contributed by atoms with Crippen molar-refractivity contribution < 1.29 is 4.79 Å². The maximum Gasteiger partial charge on any atom is 0.181 e. The molecule has 0 amide bonds. The van der Waals surface area contributed by atoms with E-state index in [2.05, 4.69) is 31.9 Å². The summed E-state index contributed by atoms with van der Waals surface area (Å²) in [6.07, 6.45) is 1.69. The minimum Gasteiger partial charge on any atom is -0.290 e. The summed E-state index contributed by atoms with van der Waals surface area (Å²) in [5, 5.41) is 0. The van der Waals surface area contributed by atoms with E-state index in [0.29, 0.717) is 5.57 Å². The highest BCUT2D eigenvalue weighted by Crippen LogP contribution is 2.24. The Balaban J connectivity index is 4.54. The number of hydrogen-bond donors (Lipinski definition) is 0. The van der Waals surface area contributed by atoms with Gasteiger partial charge in [-0.1, -0.05) is 52.7 Å². The van der Waals surface area contributed by atoms with E-state index >= 15 is 0 Å². The fourth-order valence-electron chi connectivity index (χ4n) is 0.796. The molecule has 0 aromatic carbocycles. The predicted octanol–water partition coefficient (Wildman–Crippen LogP) is 3.59. The predicted molar refractivity (Wildman–Crippen MR) is 66.1 cm³/mol. The molecule has 0 fully saturated rings. The molecule has 0 bridgehead atoms. The number of rotatable bonds is 3. The molecular weight excluding hydrogens is 188 g/mol. The number of allylic oxidation sites excluding steroid dienone is 2. The van der Waals surface area contributed by atoms with Gasteiger partial charge in [-0.15, -0.1) is 0 Å². The number of ketones is 1. The lowest BCUT2D eigenvalue weighted by molar-refractivity contribution is -0.112. The lowest BCUT2D eigenvalue weighted by atomic mass is 9.85. The number of carbonyl (C=O) groups excluding carboxylic acids is 1. The summed E-state index contributed by atoms with van der Waals surface area (Å²) < 4.78 is 0. The van der Waals surface area contributed by atoms with Gasteiger partial charge in [-0.25, -0.2) is 0 Å². The minimum absolute atomic E-state index is 0.0694. The molecule has 0 saturated heterocycles. The smallest absolute Gasteiger partial charge is 0.181 e. The molecule has 0 unspecified atom stereocenters. The van der Waals surface area contributed by atoms with Gasteiger partial charge >= 0.3 is 0 Å². The van der Waals surface area contributed by atoms with Crippen LogP contribution in [0.25, 0.3) is 0 Å². The van der Waals surface area contributed by atoms with Crippen molar-refractivity contribution in [3.63, 3.8) is 0 Å². The fraction of sp³-hybridized carbons (Fsp3) is 0.583. The zero-order valence-corrected chi connectivity index (χ0v) is 11.3. The second-order valence-corrected chi connectivity index (χ2v) is 10.9. The first kappa shape index (κ1) is 13.4. The zero-order valence-electron chi connectivity index (χ0n) is 10.3. The van der Waals surface area contributed by atoms with Crippen LogP contribution in [0.1, 0.15) is 20.8 Å². The van der Waals surface area contributed by atoms with Gasteiger partial charge in [0.25, 0.3) is 0 Å². The molecule has 14 heavy (non-hydrogen) atoms. The molecule has 0 aromatic heterocycles. The van der Waals surface area contributed by atoms with Crippen molar-refractivity contribution in [2.24, 2.45) is 5.41 Å². The van der Waals surface area contributed by atoms with Crippen molar-refractivity contribution in [3.05, 3.63) is 23.9 Å². The molecular formula is C12H22OSi. The molecule has 0 heterocycles. The Kier molecular flexibility index (Phi) is 4.07. The summed E-state index contributed by atoms with van der Waals surface area (Å²) in [5.41, 5.74) is 2.62. The molecule has 0 aliphatic heterocycles. The van der Waals surface area contributed by atoms with Crippen molar-refractivity contribution in [1.29, 1.82) is 0 Å². The highest BCUT2D eigenvalue weighted by atomic mass is 28.3. The molecule has 0 aliphatic carbocycles. The van der Waals surface area contributed by atoms with Crippen LogP contribution in [0, 0.1) is 5.41 Å². The third-order valence-electron chi connectivity index (χ3n) is 1.94. The average Bonchev–Trinajstić information content (AvgIpc) is 1.95. The summed E-state index contributed by atoms with van der Waals surface area (Å²) in [5.74, 6) is 0.0694. The van der Waals surface area contributed by atoms with Crippen LogP contribution in [-0.2, 0) is 4.79 Å². The largest absolute Gasteiger partial charge is 0.290 e. The van der Waals surface area contributed by atoms with Gasteiger partial charge in [0.1, 0.15) is 0 Å². The SMILES string of the molecule is C=C(C(=O)/C=C/[Si](C)(C)C)C(C)(C)C. The molecule has 0 radical (unpaired) electrons. The van der Waals surface area contributed by atoms with Gasteiger partial charge in [0, 0.05) is 0 Å². The summed E-state index contributed by atoms with van der Waals surface area (Å²) >= 11 is 0. The third kappa shape index (κ3) is 5.17. The van der Waals surface area contributed by atoms with Gasteiger partial charge in [-0.2, -0.15) is 0 Å². The fourth-order valence-corrected chi connectivity index (χ4v) is 1.45. The van der Waals surface area contributed by atoms with Crippen molar-refractivity contribution >= 4 is 13.9 Å². The minimum atomic E-state index is -1.27. The Morgan fingerprint density at radius 3 is 1.93 bits per heavy atom. The standard InChI is InChI=1S/C12H22OSi/c1-10(12(2,3)4)11(13)8-9-14(5,6)7/h8-9H,1H2,2-7H3/b9-8+. The summed E-state index contributed by atoms with van der Waals surface area (Å²) in [6, 6.07) is 0. The Labute approximate surface area is 88.9 Å². The Hall–Kier alpha value is -0.633. The van der Waals surface area contributed by atoms with E-state index in [1.54, 1.807) is 6.08 Å². The second kappa shape index (κ2) is 4.26. The van der Waals surface area contributed by atoms with Crippen LogP contribution in [0.5, 0.6) is 0 Å². The summed E-state index contributed by atoms with van der Waals surface area (Å²) in [6.45, 7) is 16.5. The summed E-state index contributed by atoms with van der Waals surface area (Å²) in [7, 11) is -1.27. The molecule has 0 aliphatic rings. The van der Waals surface area contributed by atoms with Crippen molar-refractivity contribution in [2.75, 3.05) is 0 Å². The van der Waals surface area contributed by atoms with E-state index in [4.69, 9.17) is 0 Å². The number of hydrogen-bond acceptors (Lipinski definition) is 1. The van der Waals surface area contributed by atoms with Crippen LogP contribution < -0.4 is 0 Å². The Morgan fingerprint density at radius 2 is 1.64 bits per heavy atom. The third-order valence-corrected chi connectivity index (χ3v) is 3.10. The molecule has 2 heteroatoms. The Bertz CT molecular complexity index is 261. The van der Waals surface area contributed by atoms with Gasteiger partial charge in [0.05, 0.1) is 8.07 Å². The first-order valence-electron chi connectivity index (χ1n) is 4.97. The molecule has 80 valence electrons. The number of carbonyl (C=O) groups is 1. The van der Waals surface area contributed by atoms with Crippen LogP contribution in [-0.4, -0.2) is 13.9 Å². The van der Waals surface area contributed by atoms with Gasteiger partial charge in [0.15, 0.2) is 5.78 Å². The van der Waals surface area contributed by atoms with E-state index in [0.717, 1.165) is 0 Å². The second-order valence-electron chi connectivity index (χ2n) is 5.79. The maximum atomic E-state index is 11.7. The van der Waals surface area contributed by atoms with Crippen LogP contribution in [0.3, 0.4) is 0 Å². The van der Waals surface area contributed by atoms with Gasteiger partial charge in [-0.3, -0.25) is 4.79 Å². The average molecular weight is 210 g/mol. The highest BCUT2D eigenvalue weighted by molar-refractivity contribution is 6.81. The van der Waals surface area contributed by atoms with Gasteiger partial charge < -0.3 is 0 Å². The monoisotopic (exact) mass is 210 g/mol. The molecule has 1 nitrogen and oxygen atoms in total. The van der Waals surface area contributed by atoms with E-state index in [9.17, 15) is 4.79 Å². The lowest BCUT2D eigenvalue weighted by Crippen LogP contribution is -2.19. The zero-order chi connectivity index (χ0) is 11.6. The van der Waals surface area contributed by atoms with Crippen molar-refractivity contribution in [2.45, 2.75) is 40.4 Å². The van der Waals surface area contributed by atoms with E-state index in [-0.39, 0.29) is 11.2 Å². The first-order chi connectivity index (χ1) is 6.04. The quantitative estimate of drug-likeness (QED) is 0.514. The lowest BCUT2D eigenvalue weighted by Gasteiger charge is -2.19. The van der Waals surface area contributed by atoms with Crippen molar-refractivity contribution in [1.82, 2.24) is 0 Å². The van der Waals surface area contributed by atoms with E-state index in [1.807, 2.05) is 20.8 Å². The Morgan fingerprint density at radius 1 is 1.21 bits per heavy atom. The van der Waals surface area contributed by atoms with Crippen LogP contribution in [0.4, 0.5) is 0 Å². The van der Waals surface area contributed by atoms with Gasteiger partial charge in [-0.05, 0) is 17.1 Å². The van der Waals surface area contributed by atoms with Crippen LogP contribution in [0.2, 0.25) is 19.6 Å². The van der Waals surface area contributed by atoms with Crippen LogP contribution in [0.15, 0.2) is 23.9 Å². The van der Waals surface area contributed by atoms with Gasteiger partial charge in [0.2, 0.25) is 0 Å². The normalized spacial score (nSPS) is 13.3. The molecule has 0 N–H and O–H groups in total. The van der Waals surface area contributed by atoms with Crippen molar-refractivity contribution in [3.8, 4) is 0 Å². The topological polar surface area (TPSA) is 17.1 Å². The maximum absolute atomic E-state index is 11.7. The molecule has 0 atom stereocenters. The molecule has 0 saturated carbocycles. The van der Waals surface area contributed by atoms with E-state index < -0.39 is 8.07 Å². The highest BCUT2D eigenvalue weighted by Gasteiger charge is 2.20.